The Morgan fingerprint density at radius 3 is 2.48 bits per heavy atom. The van der Waals surface area contributed by atoms with E-state index >= 15 is 0 Å². The van der Waals surface area contributed by atoms with E-state index in [0.717, 1.165) is 32.1 Å². The number of halogens is 2. The van der Waals surface area contributed by atoms with Gasteiger partial charge in [-0.25, -0.2) is 12.8 Å². The molecule has 2 rings (SSSR count). The number of hydrogen-bond acceptors (Lipinski definition) is 2. The summed E-state index contributed by atoms with van der Waals surface area (Å²) >= 11 is 5.65. The second-order valence-electron chi connectivity index (χ2n) is 5.40. The van der Waals surface area contributed by atoms with Gasteiger partial charge in [0.1, 0.15) is 10.7 Å². The fourth-order valence-electron chi connectivity index (χ4n) is 2.96. The first-order chi connectivity index (χ1) is 10.0. The highest BCUT2D eigenvalue weighted by Gasteiger charge is 2.32. The van der Waals surface area contributed by atoms with Crippen molar-refractivity contribution >= 4 is 21.6 Å². The average Bonchev–Trinajstić information content (AvgIpc) is 2.48. The summed E-state index contributed by atoms with van der Waals surface area (Å²) in [7, 11) is -3.79. The van der Waals surface area contributed by atoms with Crippen LogP contribution in [0.3, 0.4) is 0 Å². The predicted molar refractivity (Wildman–Crippen MR) is 82.4 cm³/mol. The Kier molecular flexibility index (Phi) is 5.63. The van der Waals surface area contributed by atoms with Crippen LogP contribution in [0.5, 0.6) is 0 Å². The second kappa shape index (κ2) is 7.07. The zero-order valence-electron chi connectivity index (χ0n) is 12.2. The largest absolute Gasteiger partial charge is 0.246 e. The molecule has 0 aromatic heterocycles. The highest BCUT2D eigenvalue weighted by molar-refractivity contribution is 7.89. The molecule has 0 atom stereocenters. The summed E-state index contributed by atoms with van der Waals surface area (Å²) in [6, 6.07) is 4.08. The summed E-state index contributed by atoms with van der Waals surface area (Å²) in [5, 5.41) is 0. The van der Waals surface area contributed by atoms with Crippen molar-refractivity contribution in [1.29, 1.82) is 0 Å². The molecule has 1 aliphatic carbocycles. The van der Waals surface area contributed by atoms with Gasteiger partial charge in [0, 0.05) is 18.5 Å². The molecule has 6 heteroatoms. The Bertz CT molecular complexity index is 585. The number of nitrogens with zero attached hydrogens (tertiary/aromatic N) is 1. The SMILES string of the molecule is CCN(C1CCCCC1)S(=O)(=O)c1ccc(CCl)cc1F. The number of hydrogen-bond donors (Lipinski definition) is 0. The first kappa shape index (κ1) is 16.7. The third kappa shape index (κ3) is 3.58. The van der Waals surface area contributed by atoms with Gasteiger partial charge in [0.05, 0.1) is 0 Å². The summed E-state index contributed by atoms with van der Waals surface area (Å²) in [4.78, 5) is -0.246. The summed E-state index contributed by atoms with van der Waals surface area (Å²) in [6.45, 7) is 2.17. The lowest BCUT2D eigenvalue weighted by Gasteiger charge is -2.32. The molecule has 1 aliphatic rings. The van der Waals surface area contributed by atoms with Gasteiger partial charge in [0.15, 0.2) is 0 Å². The Labute approximate surface area is 131 Å². The lowest BCUT2D eigenvalue weighted by Crippen LogP contribution is -2.41. The third-order valence-corrected chi connectivity index (χ3v) is 6.40. The van der Waals surface area contributed by atoms with Crippen LogP contribution in [-0.2, 0) is 15.9 Å². The Morgan fingerprint density at radius 2 is 1.95 bits per heavy atom. The van der Waals surface area contributed by atoms with E-state index in [1.54, 1.807) is 13.0 Å². The Hall–Kier alpha value is -0.650. The zero-order valence-corrected chi connectivity index (χ0v) is 13.8. The lowest BCUT2D eigenvalue weighted by molar-refractivity contribution is 0.260. The van der Waals surface area contributed by atoms with Gasteiger partial charge < -0.3 is 0 Å². The van der Waals surface area contributed by atoms with Crippen molar-refractivity contribution in [2.45, 2.75) is 55.8 Å². The number of rotatable bonds is 5. The molecule has 0 N–H and O–H groups in total. The van der Waals surface area contributed by atoms with Crippen molar-refractivity contribution in [2.24, 2.45) is 0 Å². The molecule has 0 radical (unpaired) electrons. The summed E-state index contributed by atoms with van der Waals surface area (Å²) < 4.78 is 41.1. The first-order valence-electron chi connectivity index (χ1n) is 7.37. The molecule has 1 aromatic rings. The van der Waals surface area contributed by atoms with Crippen LogP contribution in [0, 0.1) is 5.82 Å². The van der Waals surface area contributed by atoms with Crippen molar-refractivity contribution in [3.63, 3.8) is 0 Å². The first-order valence-corrected chi connectivity index (χ1v) is 9.34. The zero-order chi connectivity index (χ0) is 15.5. The molecule has 0 saturated heterocycles. The minimum Gasteiger partial charge on any atom is -0.207 e. The Balaban J connectivity index is 2.34. The molecule has 21 heavy (non-hydrogen) atoms. The van der Waals surface area contributed by atoms with Gasteiger partial charge in [-0.05, 0) is 30.5 Å². The number of alkyl halides is 1. The normalized spacial score (nSPS) is 17.3. The molecule has 0 spiro atoms. The maximum absolute atomic E-state index is 14.1. The van der Waals surface area contributed by atoms with Gasteiger partial charge in [0.25, 0.3) is 0 Å². The molecule has 0 aliphatic heterocycles. The summed E-state index contributed by atoms with van der Waals surface area (Å²) in [6.07, 6.45) is 4.92. The molecular formula is C15H21ClFNO2S. The monoisotopic (exact) mass is 333 g/mol. The molecule has 118 valence electrons. The number of sulfonamides is 1. The van der Waals surface area contributed by atoms with E-state index in [1.807, 2.05) is 0 Å². The molecule has 0 bridgehead atoms. The van der Waals surface area contributed by atoms with Crippen LogP contribution in [0.15, 0.2) is 23.1 Å². The topological polar surface area (TPSA) is 37.4 Å². The third-order valence-electron chi connectivity index (χ3n) is 4.03. The molecule has 1 saturated carbocycles. The standard InChI is InChI=1S/C15H21ClFNO2S/c1-2-18(13-6-4-3-5-7-13)21(19,20)15-9-8-12(11-16)10-14(15)17/h8-10,13H,2-7,11H2,1H3. The van der Waals surface area contributed by atoms with Crippen molar-refractivity contribution in [1.82, 2.24) is 4.31 Å². The van der Waals surface area contributed by atoms with Crippen LogP contribution in [0.25, 0.3) is 0 Å². The quantitative estimate of drug-likeness (QED) is 0.766. The van der Waals surface area contributed by atoms with Gasteiger partial charge in [0.2, 0.25) is 10.0 Å². The van der Waals surface area contributed by atoms with Gasteiger partial charge in [-0.15, -0.1) is 11.6 Å². The van der Waals surface area contributed by atoms with E-state index in [2.05, 4.69) is 0 Å². The second-order valence-corrected chi connectivity index (χ2v) is 7.52. The molecule has 3 nitrogen and oxygen atoms in total. The van der Waals surface area contributed by atoms with Crippen molar-refractivity contribution in [3.8, 4) is 0 Å². The van der Waals surface area contributed by atoms with Gasteiger partial charge >= 0.3 is 0 Å². The van der Waals surface area contributed by atoms with Crippen LogP contribution in [-0.4, -0.2) is 25.3 Å². The van der Waals surface area contributed by atoms with E-state index in [-0.39, 0.29) is 16.8 Å². The van der Waals surface area contributed by atoms with E-state index in [0.29, 0.717) is 12.1 Å². The van der Waals surface area contributed by atoms with Crippen molar-refractivity contribution < 1.29 is 12.8 Å². The smallest absolute Gasteiger partial charge is 0.207 e. The van der Waals surface area contributed by atoms with Crippen LogP contribution >= 0.6 is 11.6 Å². The van der Waals surface area contributed by atoms with E-state index in [9.17, 15) is 12.8 Å². The molecule has 0 amide bonds. The summed E-state index contributed by atoms with van der Waals surface area (Å²) in [5.74, 6) is -0.556. The van der Waals surface area contributed by atoms with Crippen LogP contribution in [0.2, 0.25) is 0 Å². The minimum absolute atomic E-state index is 0.0131. The summed E-state index contributed by atoms with van der Waals surface area (Å²) in [5.41, 5.74) is 0.578. The maximum Gasteiger partial charge on any atom is 0.246 e. The highest BCUT2D eigenvalue weighted by Crippen LogP contribution is 2.29. The van der Waals surface area contributed by atoms with Crippen LogP contribution in [0.1, 0.15) is 44.6 Å². The van der Waals surface area contributed by atoms with E-state index < -0.39 is 15.8 Å². The van der Waals surface area contributed by atoms with Gasteiger partial charge in [-0.2, -0.15) is 4.31 Å². The molecular weight excluding hydrogens is 313 g/mol. The van der Waals surface area contributed by atoms with E-state index in [1.165, 1.54) is 16.4 Å². The molecule has 1 aromatic carbocycles. The lowest BCUT2D eigenvalue weighted by atomic mass is 9.95. The molecule has 1 fully saturated rings. The average molecular weight is 334 g/mol. The van der Waals surface area contributed by atoms with Crippen molar-refractivity contribution in [2.75, 3.05) is 6.54 Å². The minimum atomic E-state index is -3.79. The van der Waals surface area contributed by atoms with Crippen molar-refractivity contribution in [3.05, 3.63) is 29.6 Å². The van der Waals surface area contributed by atoms with Gasteiger partial charge in [-0.3, -0.25) is 0 Å². The fourth-order valence-corrected chi connectivity index (χ4v) is 4.86. The molecule has 0 unspecified atom stereocenters. The van der Waals surface area contributed by atoms with E-state index in [4.69, 9.17) is 11.6 Å². The van der Waals surface area contributed by atoms with Crippen LogP contribution in [0.4, 0.5) is 4.39 Å². The van der Waals surface area contributed by atoms with Gasteiger partial charge in [-0.1, -0.05) is 32.3 Å². The molecule has 0 heterocycles. The fraction of sp³-hybridized carbons (Fsp3) is 0.600. The van der Waals surface area contributed by atoms with Crippen LogP contribution < -0.4 is 0 Å². The Morgan fingerprint density at radius 1 is 1.29 bits per heavy atom. The maximum atomic E-state index is 14.1. The highest BCUT2D eigenvalue weighted by atomic mass is 35.5. The number of benzene rings is 1. The predicted octanol–water partition coefficient (Wildman–Crippen LogP) is 3.91.